The first-order valence-electron chi connectivity index (χ1n) is 6.97. The Kier molecular flexibility index (Phi) is 2.05. The van der Waals surface area contributed by atoms with Gasteiger partial charge in [-0.3, -0.25) is 0 Å². The third kappa shape index (κ3) is 1.51. The molecule has 5 rings (SSSR count). The van der Waals surface area contributed by atoms with Gasteiger partial charge in [0.2, 0.25) is 0 Å². The van der Waals surface area contributed by atoms with Crippen LogP contribution in [0, 0.1) is 17.3 Å². The number of halogens is 1. The van der Waals surface area contributed by atoms with Crippen molar-refractivity contribution < 1.29 is 0 Å². The van der Waals surface area contributed by atoms with E-state index in [1.807, 2.05) is 0 Å². The highest BCUT2D eigenvalue weighted by Gasteiger charge is 2.57. The van der Waals surface area contributed by atoms with E-state index in [1.165, 1.54) is 38.5 Å². The summed E-state index contributed by atoms with van der Waals surface area (Å²) in [4.78, 5) is 0.142. The van der Waals surface area contributed by atoms with E-state index in [1.54, 1.807) is 5.57 Å². The molecule has 1 N–H and O–H groups in total. The van der Waals surface area contributed by atoms with Gasteiger partial charge in [-0.25, -0.2) is 0 Å². The first-order chi connectivity index (χ1) is 8.18. The number of rotatable bonds is 1. The van der Waals surface area contributed by atoms with Crippen molar-refractivity contribution in [3.05, 3.63) is 23.9 Å². The van der Waals surface area contributed by atoms with Gasteiger partial charge in [-0.05, 0) is 73.6 Å². The lowest BCUT2D eigenvalue weighted by atomic mass is 9.47. The van der Waals surface area contributed by atoms with E-state index < -0.39 is 0 Å². The minimum absolute atomic E-state index is 0.142. The normalized spacial score (nSPS) is 51.2. The predicted octanol–water partition coefficient (Wildman–Crippen LogP) is 3.61. The fourth-order valence-electron chi connectivity index (χ4n) is 5.34. The number of hydrogen-bond acceptors (Lipinski definition) is 1. The van der Waals surface area contributed by atoms with Gasteiger partial charge < -0.3 is 5.32 Å². The Labute approximate surface area is 108 Å². The van der Waals surface area contributed by atoms with Crippen LogP contribution in [0.15, 0.2) is 23.9 Å². The molecule has 0 saturated heterocycles. The first-order valence-corrected chi connectivity index (χ1v) is 7.35. The number of alkyl halides is 1. The SMILES string of the molecule is ClC12CC3CC(C1)CC(C1=CCNC=C1)(C3)C2. The lowest BCUT2D eigenvalue weighted by Crippen LogP contribution is -2.53. The number of nitrogens with one attached hydrogen (secondary N) is 1. The molecule has 4 fully saturated rings. The minimum Gasteiger partial charge on any atom is -0.387 e. The molecule has 1 heterocycles. The molecule has 1 aliphatic heterocycles. The molecule has 0 aromatic rings. The van der Waals surface area contributed by atoms with Gasteiger partial charge in [-0.2, -0.15) is 0 Å². The van der Waals surface area contributed by atoms with Crippen LogP contribution < -0.4 is 5.32 Å². The molecule has 17 heavy (non-hydrogen) atoms. The lowest BCUT2D eigenvalue weighted by Gasteiger charge is -2.60. The van der Waals surface area contributed by atoms with E-state index in [0.29, 0.717) is 5.41 Å². The Balaban J connectivity index is 1.74. The standard InChI is InChI=1S/C15H20ClN/c16-15-8-11-5-12(9-15)7-14(6-11,10-15)13-1-3-17-4-2-13/h1-3,11-12,17H,4-10H2. The Morgan fingerprint density at radius 2 is 1.94 bits per heavy atom. The largest absolute Gasteiger partial charge is 0.387 e. The predicted molar refractivity (Wildman–Crippen MR) is 70.9 cm³/mol. The van der Waals surface area contributed by atoms with Gasteiger partial charge in [0, 0.05) is 11.4 Å². The highest BCUT2D eigenvalue weighted by atomic mass is 35.5. The van der Waals surface area contributed by atoms with Crippen molar-refractivity contribution in [1.82, 2.24) is 5.32 Å². The molecular formula is C15H20ClN. The third-order valence-corrected chi connectivity index (χ3v) is 5.86. The summed E-state index contributed by atoms with van der Waals surface area (Å²) in [6.45, 7) is 0.998. The number of hydrogen-bond donors (Lipinski definition) is 1. The molecule has 0 amide bonds. The minimum atomic E-state index is 0.142. The Morgan fingerprint density at radius 3 is 2.53 bits per heavy atom. The molecule has 0 radical (unpaired) electrons. The zero-order valence-corrected chi connectivity index (χ0v) is 11.0. The van der Waals surface area contributed by atoms with E-state index in [-0.39, 0.29) is 4.87 Å². The van der Waals surface area contributed by atoms with E-state index in [2.05, 4.69) is 23.7 Å². The van der Waals surface area contributed by atoms with Crippen LogP contribution >= 0.6 is 11.6 Å². The third-order valence-electron chi connectivity index (χ3n) is 5.42. The highest BCUT2D eigenvalue weighted by Crippen LogP contribution is 2.66. The zero-order valence-electron chi connectivity index (χ0n) is 10.2. The van der Waals surface area contributed by atoms with Gasteiger partial charge in [-0.1, -0.05) is 6.08 Å². The van der Waals surface area contributed by atoms with Gasteiger partial charge in [0.1, 0.15) is 0 Å². The van der Waals surface area contributed by atoms with E-state index in [4.69, 9.17) is 11.6 Å². The molecule has 1 nitrogen and oxygen atoms in total. The van der Waals surface area contributed by atoms with Crippen LogP contribution in [-0.4, -0.2) is 11.4 Å². The van der Waals surface area contributed by atoms with E-state index >= 15 is 0 Å². The quantitative estimate of drug-likeness (QED) is 0.700. The summed E-state index contributed by atoms with van der Waals surface area (Å²) < 4.78 is 0. The maximum atomic E-state index is 6.87. The molecule has 92 valence electrons. The monoisotopic (exact) mass is 249 g/mol. The molecule has 4 saturated carbocycles. The Bertz CT molecular complexity index is 395. The van der Waals surface area contributed by atoms with Crippen molar-refractivity contribution in [2.24, 2.45) is 17.3 Å². The highest BCUT2D eigenvalue weighted by molar-refractivity contribution is 6.24. The van der Waals surface area contributed by atoms with Crippen LogP contribution in [-0.2, 0) is 0 Å². The van der Waals surface area contributed by atoms with Gasteiger partial charge in [0.15, 0.2) is 0 Å². The number of dihydropyridines is 1. The van der Waals surface area contributed by atoms with Crippen molar-refractivity contribution in [2.75, 3.05) is 6.54 Å². The van der Waals surface area contributed by atoms with Crippen molar-refractivity contribution in [1.29, 1.82) is 0 Å². The maximum absolute atomic E-state index is 6.87. The fourth-order valence-corrected chi connectivity index (χ4v) is 6.03. The molecule has 2 unspecified atom stereocenters. The van der Waals surface area contributed by atoms with Crippen molar-refractivity contribution in [3.8, 4) is 0 Å². The molecule has 4 bridgehead atoms. The van der Waals surface area contributed by atoms with E-state index in [0.717, 1.165) is 18.4 Å². The smallest absolute Gasteiger partial charge is 0.0460 e. The molecule has 5 aliphatic rings. The average Bonchev–Trinajstić information content (AvgIpc) is 2.27. The fraction of sp³-hybridized carbons (Fsp3) is 0.733. The summed E-state index contributed by atoms with van der Waals surface area (Å²) in [7, 11) is 0. The van der Waals surface area contributed by atoms with Crippen LogP contribution in [0.25, 0.3) is 0 Å². The summed E-state index contributed by atoms with van der Waals surface area (Å²) >= 11 is 6.87. The summed E-state index contributed by atoms with van der Waals surface area (Å²) in [5.74, 6) is 1.80. The second-order valence-corrected chi connectivity index (χ2v) is 7.60. The second-order valence-electron chi connectivity index (χ2n) is 6.79. The molecule has 0 aromatic carbocycles. The number of allylic oxidation sites excluding steroid dienone is 2. The second kappa shape index (κ2) is 3.32. The van der Waals surface area contributed by atoms with Crippen molar-refractivity contribution >= 4 is 11.6 Å². The van der Waals surface area contributed by atoms with Crippen LogP contribution in [0.3, 0.4) is 0 Å². The molecule has 0 spiro atoms. The molecule has 2 heteroatoms. The molecular weight excluding hydrogens is 230 g/mol. The summed E-state index contributed by atoms with van der Waals surface area (Å²) in [5.41, 5.74) is 2.01. The summed E-state index contributed by atoms with van der Waals surface area (Å²) in [5, 5.41) is 3.27. The Morgan fingerprint density at radius 1 is 1.18 bits per heavy atom. The Hall–Kier alpha value is -0.430. The maximum Gasteiger partial charge on any atom is 0.0460 e. The van der Waals surface area contributed by atoms with Crippen molar-refractivity contribution in [3.63, 3.8) is 0 Å². The van der Waals surface area contributed by atoms with Crippen molar-refractivity contribution in [2.45, 2.75) is 43.4 Å². The van der Waals surface area contributed by atoms with Gasteiger partial charge in [0.05, 0.1) is 0 Å². The summed E-state index contributed by atoms with van der Waals surface area (Å²) in [6.07, 6.45) is 14.8. The summed E-state index contributed by atoms with van der Waals surface area (Å²) in [6, 6.07) is 0. The van der Waals surface area contributed by atoms with Crippen LogP contribution in [0.5, 0.6) is 0 Å². The molecule has 4 aliphatic carbocycles. The molecule has 0 aromatic heterocycles. The van der Waals surface area contributed by atoms with E-state index in [9.17, 15) is 0 Å². The topological polar surface area (TPSA) is 12.0 Å². The first kappa shape index (κ1) is 10.5. The van der Waals surface area contributed by atoms with Crippen LogP contribution in [0.4, 0.5) is 0 Å². The van der Waals surface area contributed by atoms with Gasteiger partial charge >= 0.3 is 0 Å². The molecule has 2 atom stereocenters. The van der Waals surface area contributed by atoms with Crippen LogP contribution in [0.2, 0.25) is 0 Å². The van der Waals surface area contributed by atoms with Gasteiger partial charge in [-0.15, -0.1) is 11.6 Å². The van der Waals surface area contributed by atoms with Gasteiger partial charge in [0.25, 0.3) is 0 Å². The van der Waals surface area contributed by atoms with Crippen LogP contribution in [0.1, 0.15) is 38.5 Å². The zero-order chi connectivity index (χ0) is 11.5. The lowest BCUT2D eigenvalue weighted by molar-refractivity contribution is -0.0153. The average molecular weight is 250 g/mol.